The maximum Gasteiger partial charge on any atom is 0.223 e. The number of rotatable bonds is 3. The molecule has 1 unspecified atom stereocenters. The minimum absolute atomic E-state index is 0.123. The van der Waals surface area contributed by atoms with Crippen LogP contribution < -0.4 is 11.1 Å². The molecule has 0 saturated heterocycles. The van der Waals surface area contributed by atoms with Crippen LogP contribution in [0.2, 0.25) is 0 Å². The van der Waals surface area contributed by atoms with Gasteiger partial charge in [-0.25, -0.2) is 0 Å². The summed E-state index contributed by atoms with van der Waals surface area (Å²) in [6, 6.07) is 7.67. The predicted molar refractivity (Wildman–Crippen MR) is 78.4 cm³/mol. The van der Waals surface area contributed by atoms with Gasteiger partial charge in [0.1, 0.15) is 0 Å². The van der Waals surface area contributed by atoms with Crippen LogP contribution in [0.5, 0.6) is 0 Å². The highest BCUT2D eigenvalue weighted by molar-refractivity contribution is 5.79. The van der Waals surface area contributed by atoms with Crippen molar-refractivity contribution in [2.24, 2.45) is 11.3 Å². The highest BCUT2D eigenvalue weighted by Crippen LogP contribution is 2.40. The highest BCUT2D eigenvalue weighted by Gasteiger charge is 2.36. The number of carbonyl (C=O) groups excluding carboxylic acids is 1. The molecular formula is C16H24N2O. The first kappa shape index (κ1) is 13.9. The van der Waals surface area contributed by atoms with Gasteiger partial charge < -0.3 is 11.1 Å². The third-order valence-corrected chi connectivity index (χ3v) is 4.24. The van der Waals surface area contributed by atoms with Crippen molar-refractivity contribution >= 4 is 11.6 Å². The van der Waals surface area contributed by atoms with Gasteiger partial charge in [0.15, 0.2) is 0 Å². The van der Waals surface area contributed by atoms with Crippen molar-refractivity contribution in [1.82, 2.24) is 5.32 Å². The Morgan fingerprint density at radius 3 is 2.89 bits per heavy atom. The molecule has 0 spiro atoms. The molecule has 0 bridgehead atoms. The first-order valence-electron chi connectivity index (χ1n) is 7.11. The summed E-state index contributed by atoms with van der Waals surface area (Å²) < 4.78 is 0. The molecule has 3 N–H and O–H groups in total. The van der Waals surface area contributed by atoms with Crippen LogP contribution in [0.25, 0.3) is 0 Å². The molecule has 1 atom stereocenters. The maximum absolute atomic E-state index is 12.3. The Morgan fingerprint density at radius 1 is 1.42 bits per heavy atom. The molecule has 2 rings (SSSR count). The number of carbonyl (C=O) groups is 1. The lowest BCUT2D eigenvalue weighted by atomic mass is 9.68. The molecule has 1 saturated carbocycles. The van der Waals surface area contributed by atoms with Crippen molar-refractivity contribution in [3.05, 3.63) is 29.8 Å². The molecule has 19 heavy (non-hydrogen) atoms. The molecule has 1 aromatic rings. The maximum atomic E-state index is 12.3. The van der Waals surface area contributed by atoms with Crippen molar-refractivity contribution in [2.45, 2.75) is 46.1 Å². The second-order valence-electron chi connectivity index (χ2n) is 6.25. The van der Waals surface area contributed by atoms with Crippen LogP contribution in [0, 0.1) is 11.3 Å². The van der Waals surface area contributed by atoms with E-state index in [4.69, 9.17) is 5.73 Å². The minimum atomic E-state index is 0.123. The molecule has 1 aliphatic carbocycles. The molecule has 3 heteroatoms. The fraction of sp³-hybridized carbons (Fsp3) is 0.562. The van der Waals surface area contributed by atoms with Crippen molar-refractivity contribution in [2.75, 3.05) is 5.73 Å². The van der Waals surface area contributed by atoms with Gasteiger partial charge in [-0.2, -0.15) is 0 Å². The average Bonchev–Trinajstić information content (AvgIpc) is 2.35. The van der Waals surface area contributed by atoms with Gasteiger partial charge in [-0.05, 0) is 36.0 Å². The normalized spacial score (nSPS) is 21.9. The molecule has 104 valence electrons. The molecule has 1 aliphatic rings. The van der Waals surface area contributed by atoms with E-state index >= 15 is 0 Å². The van der Waals surface area contributed by atoms with Crippen LogP contribution in [-0.2, 0) is 11.3 Å². The molecule has 1 amide bonds. The molecule has 0 aliphatic heterocycles. The standard InChI is InChI=1S/C16H24N2O/c1-16(2)9-4-3-8-14(16)15(19)18-11-12-6-5-7-13(17)10-12/h5-7,10,14H,3-4,8-9,11,17H2,1-2H3,(H,18,19). The van der Waals surface area contributed by atoms with Crippen molar-refractivity contribution < 1.29 is 4.79 Å². The van der Waals surface area contributed by atoms with Crippen LogP contribution in [0.3, 0.4) is 0 Å². The SMILES string of the molecule is CC1(C)CCCCC1C(=O)NCc1cccc(N)c1. The number of nitrogen functional groups attached to an aromatic ring is 1. The summed E-state index contributed by atoms with van der Waals surface area (Å²) >= 11 is 0. The van der Waals surface area contributed by atoms with E-state index < -0.39 is 0 Å². The first-order chi connectivity index (χ1) is 8.99. The molecule has 0 heterocycles. The minimum Gasteiger partial charge on any atom is -0.399 e. The zero-order chi connectivity index (χ0) is 13.9. The number of nitrogens with one attached hydrogen (secondary N) is 1. The average molecular weight is 260 g/mol. The van der Waals surface area contributed by atoms with E-state index in [1.54, 1.807) is 0 Å². The Hall–Kier alpha value is -1.51. The Bertz CT molecular complexity index is 454. The lowest BCUT2D eigenvalue weighted by molar-refractivity contribution is -0.130. The van der Waals surface area contributed by atoms with E-state index in [1.165, 1.54) is 12.8 Å². The zero-order valence-corrected chi connectivity index (χ0v) is 11.9. The summed E-state index contributed by atoms with van der Waals surface area (Å²) in [5.41, 5.74) is 7.66. The molecule has 0 aromatic heterocycles. The van der Waals surface area contributed by atoms with Crippen molar-refractivity contribution in [1.29, 1.82) is 0 Å². The smallest absolute Gasteiger partial charge is 0.223 e. The van der Waals surface area contributed by atoms with Gasteiger partial charge in [-0.15, -0.1) is 0 Å². The Morgan fingerprint density at radius 2 is 2.21 bits per heavy atom. The van der Waals surface area contributed by atoms with Crippen LogP contribution in [0.1, 0.15) is 45.1 Å². The Kier molecular flexibility index (Phi) is 4.13. The molecule has 0 radical (unpaired) electrons. The third-order valence-electron chi connectivity index (χ3n) is 4.24. The number of hydrogen-bond donors (Lipinski definition) is 2. The summed E-state index contributed by atoms with van der Waals surface area (Å²) in [5, 5.41) is 3.06. The fourth-order valence-corrected chi connectivity index (χ4v) is 3.00. The second-order valence-corrected chi connectivity index (χ2v) is 6.25. The summed E-state index contributed by atoms with van der Waals surface area (Å²) in [5.74, 6) is 0.328. The molecule has 1 aromatic carbocycles. The second kappa shape index (κ2) is 5.64. The number of nitrogens with two attached hydrogens (primary N) is 1. The summed E-state index contributed by atoms with van der Waals surface area (Å²) in [6.45, 7) is 4.98. The van der Waals surface area contributed by atoms with E-state index in [1.807, 2.05) is 24.3 Å². The van der Waals surface area contributed by atoms with Gasteiger partial charge in [-0.3, -0.25) is 4.79 Å². The number of hydrogen-bond acceptors (Lipinski definition) is 2. The summed E-state index contributed by atoms with van der Waals surface area (Å²) in [6.07, 6.45) is 4.56. The molecule has 1 fully saturated rings. The van der Waals surface area contributed by atoms with E-state index in [2.05, 4.69) is 19.2 Å². The zero-order valence-electron chi connectivity index (χ0n) is 11.9. The van der Waals surface area contributed by atoms with Crippen LogP contribution in [0.4, 0.5) is 5.69 Å². The van der Waals surface area contributed by atoms with Gasteiger partial charge in [0, 0.05) is 18.2 Å². The lowest BCUT2D eigenvalue weighted by Crippen LogP contribution is -2.40. The monoisotopic (exact) mass is 260 g/mol. The van der Waals surface area contributed by atoms with Gasteiger partial charge >= 0.3 is 0 Å². The predicted octanol–water partition coefficient (Wildman–Crippen LogP) is 3.10. The largest absolute Gasteiger partial charge is 0.399 e. The third kappa shape index (κ3) is 3.49. The van der Waals surface area contributed by atoms with Crippen LogP contribution >= 0.6 is 0 Å². The number of anilines is 1. The topological polar surface area (TPSA) is 55.1 Å². The van der Waals surface area contributed by atoms with E-state index in [-0.39, 0.29) is 17.2 Å². The molecular weight excluding hydrogens is 236 g/mol. The van der Waals surface area contributed by atoms with Gasteiger partial charge in [0.05, 0.1) is 0 Å². The van der Waals surface area contributed by atoms with Crippen molar-refractivity contribution in [3.63, 3.8) is 0 Å². The van der Waals surface area contributed by atoms with E-state index in [0.717, 1.165) is 24.1 Å². The van der Waals surface area contributed by atoms with E-state index in [0.29, 0.717) is 6.54 Å². The van der Waals surface area contributed by atoms with Gasteiger partial charge in [0.25, 0.3) is 0 Å². The van der Waals surface area contributed by atoms with Crippen LogP contribution in [0.15, 0.2) is 24.3 Å². The van der Waals surface area contributed by atoms with Gasteiger partial charge in [-0.1, -0.05) is 38.8 Å². The van der Waals surface area contributed by atoms with E-state index in [9.17, 15) is 4.79 Å². The first-order valence-corrected chi connectivity index (χ1v) is 7.11. The summed E-state index contributed by atoms with van der Waals surface area (Å²) in [7, 11) is 0. The lowest BCUT2D eigenvalue weighted by Gasteiger charge is -2.37. The quantitative estimate of drug-likeness (QED) is 0.820. The fourth-order valence-electron chi connectivity index (χ4n) is 3.00. The highest BCUT2D eigenvalue weighted by atomic mass is 16.1. The summed E-state index contributed by atoms with van der Waals surface area (Å²) in [4.78, 5) is 12.3. The van der Waals surface area contributed by atoms with Crippen LogP contribution in [-0.4, -0.2) is 5.91 Å². The van der Waals surface area contributed by atoms with Gasteiger partial charge in [0.2, 0.25) is 5.91 Å². The van der Waals surface area contributed by atoms with Crippen molar-refractivity contribution in [3.8, 4) is 0 Å². The number of benzene rings is 1. The Balaban J connectivity index is 1.94. The molecule has 3 nitrogen and oxygen atoms in total. The number of amides is 1. The Labute approximate surface area is 115 Å².